The van der Waals surface area contributed by atoms with Gasteiger partial charge in [-0.25, -0.2) is 0 Å². The summed E-state index contributed by atoms with van der Waals surface area (Å²) in [5, 5.41) is 21.4. The highest BCUT2D eigenvalue weighted by atomic mass is 16.5. The Balaban J connectivity index is 2.24. The molecule has 1 atom stereocenters. The third kappa shape index (κ3) is 3.28. The van der Waals surface area contributed by atoms with Gasteiger partial charge in [-0.05, 0) is 25.8 Å². The van der Waals surface area contributed by atoms with E-state index in [1.807, 2.05) is 31.2 Å². The van der Waals surface area contributed by atoms with Crippen LogP contribution < -0.4 is 4.74 Å². The van der Waals surface area contributed by atoms with E-state index in [0.717, 1.165) is 25.7 Å². The third-order valence-electron chi connectivity index (χ3n) is 3.99. The second-order valence-corrected chi connectivity index (χ2v) is 5.39. The molecule has 0 spiro atoms. The van der Waals surface area contributed by atoms with Gasteiger partial charge in [-0.15, -0.1) is 0 Å². The van der Waals surface area contributed by atoms with Gasteiger partial charge in [0.05, 0.1) is 12.2 Å². The number of ether oxygens (including phenoxy) is 1. The Labute approximate surface area is 115 Å². The van der Waals surface area contributed by atoms with E-state index in [9.17, 15) is 10.2 Å². The van der Waals surface area contributed by atoms with Crippen LogP contribution in [0.25, 0.3) is 0 Å². The third-order valence-corrected chi connectivity index (χ3v) is 3.99. The monoisotopic (exact) mass is 264 g/mol. The number of aliphatic hydroxyl groups excluding tert-OH is 1. The molecule has 1 saturated carbocycles. The molecule has 0 aromatic heterocycles. The van der Waals surface area contributed by atoms with Gasteiger partial charge in [-0.2, -0.15) is 0 Å². The SMILES string of the molecule is CCOc1ccccc1C(O)C1(O)CCCCCC1. The molecule has 3 heteroatoms. The van der Waals surface area contributed by atoms with Gasteiger partial charge in [-0.1, -0.05) is 43.9 Å². The normalized spacial score (nSPS) is 20.6. The lowest BCUT2D eigenvalue weighted by molar-refractivity contribution is -0.0875. The first-order valence-corrected chi connectivity index (χ1v) is 7.29. The van der Waals surface area contributed by atoms with Crippen LogP contribution in [-0.2, 0) is 0 Å². The highest BCUT2D eigenvalue weighted by molar-refractivity contribution is 5.36. The van der Waals surface area contributed by atoms with Gasteiger partial charge >= 0.3 is 0 Å². The first kappa shape index (κ1) is 14.4. The molecular formula is C16H24O3. The molecule has 0 heterocycles. The van der Waals surface area contributed by atoms with E-state index in [1.54, 1.807) is 0 Å². The highest BCUT2D eigenvalue weighted by Crippen LogP contribution is 2.40. The zero-order valence-electron chi connectivity index (χ0n) is 11.6. The Kier molecular flexibility index (Phi) is 4.83. The second-order valence-electron chi connectivity index (χ2n) is 5.39. The Hall–Kier alpha value is -1.06. The fourth-order valence-electron chi connectivity index (χ4n) is 2.90. The molecule has 0 aliphatic heterocycles. The molecule has 1 aromatic rings. The van der Waals surface area contributed by atoms with E-state index in [1.165, 1.54) is 0 Å². The zero-order valence-corrected chi connectivity index (χ0v) is 11.6. The molecule has 106 valence electrons. The quantitative estimate of drug-likeness (QED) is 0.821. The second kappa shape index (κ2) is 6.40. The fourth-order valence-corrected chi connectivity index (χ4v) is 2.90. The van der Waals surface area contributed by atoms with Crippen LogP contribution in [0.3, 0.4) is 0 Å². The maximum Gasteiger partial charge on any atom is 0.125 e. The molecule has 1 unspecified atom stereocenters. The summed E-state index contributed by atoms with van der Waals surface area (Å²) in [4.78, 5) is 0. The van der Waals surface area contributed by atoms with E-state index >= 15 is 0 Å². The fraction of sp³-hybridized carbons (Fsp3) is 0.625. The molecule has 1 aromatic carbocycles. The van der Waals surface area contributed by atoms with Crippen LogP contribution in [0.1, 0.15) is 57.1 Å². The van der Waals surface area contributed by atoms with Crippen molar-refractivity contribution >= 4 is 0 Å². The van der Waals surface area contributed by atoms with Crippen molar-refractivity contribution in [2.24, 2.45) is 0 Å². The van der Waals surface area contributed by atoms with Gasteiger partial charge in [0.15, 0.2) is 0 Å². The number of rotatable bonds is 4. The van der Waals surface area contributed by atoms with Crippen LogP contribution >= 0.6 is 0 Å². The molecular weight excluding hydrogens is 240 g/mol. The number of aliphatic hydroxyl groups is 2. The predicted octanol–water partition coefficient (Wildman–Crippen LogP) is 3.20. The van der Waals surface area contributed by atoms with Crippen molar-refractivity contribution in [3.8, 4) is 5.75 Å². The molecule has 1 aliphatic carbocycles. The van der Waals surface area contributed by atoms with E-state index < -0.39 is 11.7 Å². The van der Waals surface area contributed by atoms with Crippen molar-refractivity contribution in [2.75, 3.05) is 6.61 Å². The average molecular weight is 264 g/mol. The smallest absolute Gasteiger partial charge is 0.125 e. The van der Waals surface area contributed by atoms with Crippen molar-refractivity contribution in [1.29, 1.82) is 0 Å². The first-order valence-electron chi connectivity index (χ1n) is 7.29. The maximum absolute atomic E-state index is 10.8. The summed E-state index contributed by atoms with van der Waals surface area (Å²) in [6, 6.07) is 7.46. The number of benzene rings is 1. The zero-order chi connectivity index (χ0) is 13.7. The van der Waals surface area contributed by atoms with Crippen molar-refractivity contribution < 1.29 is 14.9 Å². The molecule has 2 rings (SSSR count). The molecule has 0 bridgehead atoms. The molecule has 0 radical (unpaired) electrons. The number of para-hydroxylation sites is 1. The van der Waals surface area contributed by atoms with Gasteiger partial charge < -0.3 is 14.9 Å². The van der Waals surface area contributed by atoms with Gasteiger partial charge in [-0.3, -0.25) is 0 Å². The van der Waals surface area contributed by atoms with Crippen molar-refractivity contribution in [3.63, 3.8) is 0 Å². The van der Waals surface area contributed by atoms with Crippen LogP contribution in [0.5, 0.6) is 5.75 Å². The van der Waals surface area contributed by atoms with E-state index in [4.69, 9.17) is 4.74 Å². The summed E-state index contributed by atoms with van der Waals surface area (Å²) < 4.78 is 5.55. The van der Waals surface area contributed by atoms with Gasteiger partial charge in [0.1, 0.15) is 11.9 Å². The molecule has 2 N–H and O–H groups in total. The Morgan fingerprint density at radius 2 is 1.79 bits per heavy atom. The summed E-state index contributed by atoms with van der Waals surface area (Å²) in [6.45, 7) is 2.48. The van der Waals surface area contributed by atoms with Crippen LogP contribution in [0.2, 0.25) is 0 Å². The Morgan fingerprint density at radius 3 is 2.42 bits per heavy atom. The minimum Gasteiger partial charge on any atom is -0.493 e. The van der Waals surface area contributed by atoms with Gasteiger partial charge in [0.2, 0.25) is 0 Å². The number of hydrogen-bond donors (Lipinski definition) is 2. The van der Waals surface area contributed by atoms with Crippen LogP contribution in [0.15, 0.2) is 24.3 Å². The Bertz CT molecular complexity index is 395. The van der Waals surface area contributed by atoms with Gasteiger partial charge in [0, 0.05) is 5.56 Å². The molecule has 1 fully saturated rings. The van der Waals surface area contributed by atoms with E-state index in [2.05, 4.69) is 0 Å². The highest BCUT2D eigenvalue weighted by Gasteiger charge is 2.38. The minimum atomic E-state index is -1.01. The molecule has 0 saturated heterocycles. The van der Waals surface area contributed by atoms with Crippen LogP contribution in [0, 0.1) is 0 Å². The van der Waals surface area contributed by atoms with Crippen molar-refractivity contribution in [1.82, 2.24) is 0 Å². The molecule has 1 aliphatic rings. The lowest BCUT2D eigenvalue weighted by Crippen LogP contribution is -2.36. The molecule has 3 nitrogen and oxygen atoms in total. The summed E-state index contributed by atoms with van der Waals surface area (Å²) >= 11 is 0. The predicted molar refractivity (Wildman–Crippen MR) is 75.2 cm³/mol. The van der Waals surface area contributed by atoms with E-state index in [-0.39, 0.29) is 0 Å². The topological polar surface area (TPSA) is 49.7 Å². The largest absolute Gasteiger partial charge is 0.493 e. The van der Waals surface area contributed by atoms with Gasteiger partial charge in [0.25, 0.3) is 0 Å². The molecule has 19 heavy (non-hydrogen) atoms. The standard InChI is InChI=1S/C16H24O3/c1-2-19-14-10-6-5-9-13(14)15(17)16(18)11-7-3-4-8-12-16/h5-6,9-10,15,17-18H,2-4,7-8,11-12H2,1H3. The summed E-state index contributed by atoms with van der Waals surface area (Å²) in [5.41, 5.74) is -0.308. The lowest BCUT2D eigenvalue weighted by atomic mass is 9.84. The summed E-state index contributed by atoms with van der Waals surface area (Å²) in [5.74, 6) is 0.676. The number of hydrogen-bond acceptors (Lipinski definition) is 3. The van der Waals surface area contributed by atoms with E-state index in [0.29, 0.717) is 30.8 Å². The molecule has 0 amide bonds. The lowest BCUT2D eigenvalue weighted by Gasteiger charge is -2.33. The van der Waals surface area contributed by atoms with Crippen LogP contribution in [-0.4, -0.2) is 22.4 Å². The summed E-state index contributed by atoms with van der Waals surface area (Å²) in [7, 11) is 0. The van der Waals surface area contributed by atoms with Crippen molar-refractivity contribution in [3.05, 3.63) is 29.8 Å². The maximum atomic E-state index is 10.8. The van der Waals surface area contributed by atoms with Crippen LogP contribution in [0.4, 0.5) is 0 Å². The average Bonchev–Trinajstić information content (AvgIpc) is 2.65. The summed E-state index contributed by atoms with van der Waals surface area (Å²) in [6.07, 6.45) is 4.69. The Morgan fingerprint density at radius 1 is 1.16 bits per heavy atom. The van der Waals surface area contributed by atoms with Crippen molar-refractivity contribution in [2.45, 2.75) is 57.2 Å². The first-order chi connectivity index (χ1) is 9.17. The minimum absolute atomic E-state index is 0.558.